The minimum Gasteiger partial charge on any atom is -0.384 e. The molecule has 7 heteroatoms. The summed E-state index contributed by atoms with van der Waals surface area (Å²) in [4.78, 5) is 10.7. The second-order valence-corrected chi connectivity index (χ2v) is 4.47. The highest BCUT2D eigenvalue weighted by Gasteiger charge is 2.11. The topological polar surface area (TPSA) is 104 Å². The number of hydrogen-bond acceptors (Lipinski definition) is 4. The van der Waals surface area contributed by atoms with Crippen molar-refractivity contribution in [1.29, 1.82) is 0 Å². The van der Waals surface area contributed by atoms with Crippen molar-refractivity contribution >= 4 is 21.7 Å². The summed E-state index contributed by atoms with van der Waals surface area (Å²) >= 11 is 0. The number of aliphatic hydroxyl groups excluding tert-OH is 1. The SMILES string of the molecule is CC(O)C(=O)Nc1c[c]c(S(=O)(=O)O)cc1. The van der Waals surface area contributed by atoms with Gasteiger partial charge in [0.05, 0.1) is 0 Å². The average molecular weight is 244 g/mol. The molecular formula is C9H10NO5S. The van der Waals surface area contributed by atoms with Crippen LogP contribution in [0, 0.1) is 6.07 Å². The summed E-state index contributed by atoms with van der Waals surface area (Å²) in [5.41, 5.74) is 0.276. The Morgan fingerprint density at radius 2 is 2.12 bits per heavy atom. The van der Waals surface area contributed by atoms with E-state index in [4.69, 9.17) is 9.66 Å². The van der Waals surface area contributed by atoms with Gasteiger partial charge in [0.1, 0.15) is 11.0 Å². The quantitative estimate of drug-likeness (QED) is 0.652. The maximum atomic E-state index is 11.1. The number of aliphatic hydroxyl groups is 1. The van der Waals surface area contributed by atoms with Gasteiger partial charge in [0, 0.05) is 11.8 Å². The molecule has 1 rings (SSSR count). The Bertz CT molecular complexity index is 477. The summed E-state index contributed by atoms with van der Waals surface area (Å²) < 4.78 is 30.0. The monoisotopic (exact) mass is 244 g/mol. The van der Waals surface area contributed by atoms with E-state index < -0.39 is 22.1 Å². The van der Waals surface area contributed by atoms with Crippen molar-refractivity contribution < 1.29 is 22.9 Å². The molecule has 1 radical (unpaired) electrons. The van der Waals surface area contributed by atoms with Gasteiger partial charge in [-0.15, -0.1) is 0 Å². The lowest BCUT2D eigenvalue weighted by atomic mass is 10.3. The number of rotatable bonds is 3. The van der Waals surface area contributed by atoms with E-state index in [0.717, 1.165) is 6.07 Å². The molecule has 0 aromatic heterocycles. The van der Waals surface area contributed by atoms with E-state index in [1.165, 1.54) is 19.1 Å². The Labute approximate surface area is 92.7 Å². The number of hydrogen-bond donors (Lipinski definition) is 3. The predicted molar refractivity (Wildman–Crippen MR) is 55.4 cm³/mol. The van der Waals surface area contributed by atoms with Crippen LogP contribution in [0.2, 0.25) is 0 Å². The van der Waals surface area contributed by atoms with Gasteiger partial charge in [-0.05, 0) is 25.1 Å². The first-order chi connectivity index (χ1) is 7.30. The fourth-order valence-electron chi connectivity index (χ4n) is 0.895. The third-order valence-corrected chi connectivity index (χ3v) is 2.52. The van der Waals surface area contributed by atoms with E-state index in [-0.39, 0.29) is 10.6 Å². The predicted octanol–water partition coefficient (Wildman–Crippen LogP) is 0.0528. The number of anilines is 1. The Balaban J connectivity index is 2.84. The maximum Gasteiger partial charge on any atom is 0.295 e. The van der Waals surface area contributed by atoms with Gasteiger partial charge >= 0.3 is 0 Å². The van der Waals surface area contributed by atoms with E-state index in [2.05, 4.69) is 11.4 Å². The van der Waals surface area contributed by atoms with Crippen LogP contribution in [0.1, 0.15) is 6.92 Å². The highest BCUT2D eigenvalue weighted by Crippen LogP contribution is 2.13. The molecule has 16 heavy (non-hydrogen) atoms. The maximum absolute atomic E-state index is 11.1. The van der Waals surface area contributed by atoms with Crippen LogP contribution in [0.5, 0.6) is 0 Å². The fourth-order valence-corrected chi connectivity index (χ4v) is 1.34. The van der Waals surface area contributed by atoms with Crippen LogP contribution >= 0.6 is 0 Å². The van der Waals surface area contributed by atoms with Gasteiger partial charge in [-0.25, -0.2) is 0 Å². The molecule has 1 aromatic carbocycles. The van der Waals surface area contributed by atoms with E-state index >= 15 is 0 Å². The van der Waals surface area contributed by atoms with Crippen molar-refractivity contribution in [3.8, 4) is 0 Å². The van der Waals surface area contributed by atoms with Gasteiger partial charge in [-0.1, -0.05) is 0 Å². The first-order valence-corrected chi connectivity index (χ1v) is 5.73. The first kappa shape index (κ1) is 12.6. The van der Waals surface area contributed by atoms with Gasteiger partial charge in [0.15, 0.2) is 0 Å². The zero-order valence-corrected chi connectivity index (χ0v) is 9.15. The van der Waals surface area contributed by atoms with Crippen LogP contribution in [-0.2, 0) is 14.9 Å². The summed E-state index contributed by atoms with van der Waals surface area (Å²) in [7, 11) is -4.28. The van der Waals surface area contributed by atoms with Crippen LogP contribution in [0.25, 0.3) is 0 Å². The molecule has 0 saturated heterocycles. The van der Waals surface area contributed by atoms with E-state index in [0.29, 0.717) is 0 Å². The molecule has 1 unspecified atom stereocenters. The minimum absolute atomic E-state index is 0.276. The molecule has 6 nitrogen and oxygen atoms in total. The molecule has 0 aliphatic heterocycles. The highest BCUT2D eigenvalue weighted by atomic mass is 32.2. The zero-order valence-electron chi connectivity index (χ0n) is 8.34. The van der Waals surface area contributed by atoms with Crippen LogP contribution in [0.4, 0.5) is 5.69 Å². The lowest BCUT2D eigenvalue weighted by molar-refractivity contribution is -0.123. The van der Waals surface area contributed by atoms with E-state index in [1.54, 1.807) is 0 Å². The minimum atomic E-state index is -4.28. The van der Waals surface area contributed by atoms with Crippen molar-refractivity contribution in [3.63, 3.8) is 0 Å². The summed E-state index contributed by atoms with van der Waals surface area (Å²) in [6, 6.07) is 5.84. The summed E-state index contributed by atoms with van der Waals surface area (Å²) in [6.07, 6.45) is -1.17. The Morgan fingerprint density at radius 3 is 2.50 bits per heavy atom. The largest absolute Gasteiger partial charge is 0.384 e. The second kappa shape index (κ2) is 4.60. The Hall–Kier alpha value is -1.44. The van der Waals surface area contributed by atoms with Crippen LogP contribution in [-0.4, -0.2) is 30.1 Å². The highest BCUT2D eigenvalue weighted by molar-refractivity contribution is 7.85. The second-order valence-electron chi connectivity index (χ2n) is 3.08. The van der Waals surface area contributed by atoms with Crippen molar-refractivity contribution in [2.45, 2.75) is 17.9 Å². The van der Waals surface area contributed by atoms with Crippen molar-refractivity contribution in [3.05, 3.63) is 24.3 Å². The lowest BCUT2D eigenvalue weighted by Crippen LogP contribution is -2.24. The van der Waals surface area contributed by atoms with Gasteiger partial charge < -0.3 is 10.4 Å². The van der Waals surface area contributed by atoms with E-state index in [1.807, 2.05) is 0 Å². The molecule has 0 spiro atoms. The molecular weight excluding hydrogens is 234 g/mol. The van der Waals surface area contributed by atoms with Crippen molar-refractivity contribution in [1.82, 2.24) is 0 Å². The Kier molecular flexibility index (Phi) is 3.63. The van der Waals surface area contributed by atoms with E-state index in [9.17, 15) is 13.2 Å². The van der Waals surface area contributed by atoms with Crippen LogP contribution < -0.4 is 5.32 Å². The molecule has 1 atom stereocenters. The average Bonchev–Trinajstić information content (AvgIpc) is 2.17. The molecule has 0 heterocycles. The standard InChI is InChI=1S/C9H10NO5S/c1-6(11)9(12)10-7-2-4-8(5-3-7)16(13,14)15/h2-4,6,11H,1H3,(H,10,12)(H,13,14,15). The third kappa shape index (κ3) is 3.30. The molecule has 1 amide bonds. The number of benzene rings is 1. The third-order valence-electron chi connectivity index (χ3n) is 1.71. The number of nitrogens with one attached hydrogen (secondary N) is 1. The molecule has 3 N–H and O–H groups in total. The van der Waals surface area contributed by atoms with Crippen molar-refractivity contribution in [2.75, 3.05) is 5.32 Å². The van der Waals surface area contributed by atoms with Gasteiger partial charge in [-0.2, -0.15) is 8.42 Å². The lowest BCUT2D eigenvalue weighted by Gasteiger charge is -2.06. The first-order valence-electron chi connectivity index (χ1n) is 4.29. The zero-order chi connectivity index (χ0) is 12.3. The molecule has 87 valence electrons. The number of carbonyl (C=O) groups is 1. The Morgan fingerprint density at radius 1 is 1.50 bits per heavy atom. The molecule has 0 saturated carbocycles. The fraction of sp³-hybridized carbons (Fsp3) is 0.222. The van der Waals surface area contributed by atoms with Crippen LogP contribution in [0.15, 0.2) is 23.1 Å². The van der Waals surface area contributed by atoms with Gasteiger partial charge in [0.2, 0.25) is 0 Å². The van der Waals surface area contributed by atoms with Crippen molar-refractivity contribution in [2.24, 2.45) is 0 Å². The molecule has 0 bridgehead atoms. The van der Waals surface area contributed by atoms with Gasteiger partial charge in [-0.3, -0.25) is 9.35 Å². The number of carbonyl (C=O) groups excluding carboxylic acids is 1. The summed E-state index contributed by atoms with van der Waals surface area (Å²) in [5, 5.41) is 11.2. The molecule has 0 aliphatic carbocycles. The normalized spacial score (nSPS) is 13.2. The smallest absolute Gasteiger partial charge is 0.295 e. The summed E-state index contributed by atoms with van der Waals surface area (Å²) in [6.45, 7) is 1.30. The molecule has 0 fully saturated rings. The summed E-state index contributed by atoms with van der Waals surface area (Å²) in [5.74, 6) is -0.618. The molecule has 0 aliphatic rings. The molecule has 1 aromatic rings. The van der Waals surface area contributed by atoms with Crippen LogP contribution in [0.3, 0.4) is 0 Å². The van der Waals surface area contributed by atoms with Gasteiger partial charge in [0.25, 0.3) is 16.0 Å². The number of amides is 1.